The number of hydrogen-bond acceptors (Lipinski definition) is 5. The number of nitrogens with zero attached hydrogens (tertiary/aromatic N) is 5. The Labute approximate surface area is 165 Å². The van der Waals surface area contributed by atoms with Crippen LogP contribution in [0.2, 0.25) is 0 Å². The molecule has 1 aliphatic rings. The van der Waals surface area contributed by atoms with Crippen LogP contribution in [0.3, 0.4) is 0 Å². The molecule has 0 radical (unpaired) electrons. The zero-order valence-electron chi connectivity index (χ0n) is 15.4. The largest absolute Gasteiger partial charge is 0.336 e. The van der Waals surface area contributed by atoms with Gasteiger partial charge in [0.1, 0.15) is 22.1 Å². The van der Waals surface area contributed by atoms with Crippen molar-refractivity contribution in [1.29, 1.82) is 0 Å². The molecule has 0 saturated carbocycles. The van der Waals surface area contributed by atoms with Crippen LogP contribution in [0.5, 0.6) is 0 Å². The number of hydrogen-bond donors (Lipinski definition) is 0. The van der Waals surface area contributed by atoms with Crippen molar-refractivity contribution in [2.24, 2.45) is 0 Å². The van der Waals surface area contributed by atoms with Crippen LogP contribution in [0.15, 0.2) is 41.6 Å². The summed E-state index contributed by atoms with van der Waals surface area (Å²) in [4.78, 5) is 18.0. The molecule has 3 heterocycles. The Morgan fingerprint density at radius 1 is 1.14 bits per heavy atom. The molecule has 1 amide bonds. The first-order chi connectivity index (χ1) is 13.8. The molecule has 1 saturated heterocycles. The first-order valence-electron chi connectivity index (χ1n) is 8.83. The van der Waals surface area contributed by atoms with Crippen LogP contribution in [0.25, 0.3) is 5.65 Å². The highest BCUT2D eigenvalue weighted by Crippen LogP contribution is 2.23. The summed E-state index contributed by atoms with van der Waals surface area (Å²) in [5.41, 5.74) is 1.30. The number of carbonyl (C=O) groups excluding carboxylic acids is 1. The van der Waals surface area contributed by atoms with Crippen molar-refractivity contribution in [3.05, 3.63) is 59.6 Å². The lowest BCUT2D eigenvalue weighted by molar-refractivity contribution is 0.0698. The number of aromatic nitrogens is 3. The summed E-state index contributed by atoms with van der Waals surface area (Å²) in [6, 6.07) is 4.00. The topological polar surface area (TPSA) is 87.9 Å². The summed E-state index contributed by atoms with van der Waals surface area (Å²) in [6.07, 6.45) is 3.25. The van der Waals surface area contributed by atoms with Gasteiger partial charge >= 0.3 is 0 Å². The average molecular weight is 421 g/mol. The monoisotopic (exact) mass is 421 g/mol. The van der Waals surface area contributed by atoms with Crippen molar-refractivity contribution in [3.63, 3.8) is 0 Å². The third kappa shape index (κ3) is 3.36. The number of benzene rings is 1. The predicted molar refractivity (Wildman–Crippen MR) is 98.7 cm³/mol. The second kappa shape index (κ2) is 7.16. The SMILES string of the molecule is Cc1nn2cccnc2c1C(=O)N1CCN(S(=O)(=O)c2cc(F)ccc2F)CC1. The van der Waals surface area contributed by atoms with Crippen LogP contribution in [-0.4, -0.2) is 64.3 Å². The van der Waals surface area contributed by atoms with Gasteiger partial charge in [0, 0.05) is 38.6 Å². The van der Waals surface area contributed by atoms with E-state index in [0.717, 1.165) is 16.4 Å². The summed E-state index contributed by atoms with van der Waals surface area (Å²) < 4.78 is 55.3. The Morgan fingerprint density at radius 2 is 1.86 bits per heavy atom. The van der Waals surface area contributed by atoms with E-state index in [1.54, 1.807) is 25.4 Å². The lowest BCUT2D eigenvalue weighted by Gasteiger charge is -2.34. The molecule has 0 spiro atoms. The number of piperazine rings is 1. The maximum Gasteiger partial charge on any atom is 0.259 e. The van der Waals surface area contributed by atoms with Gasteiger partial charge in [-0.25, -0.2) is 26.7 Å². The molecule has 3 aromatic rings. The van der Waals surface area contributed by atoms with Crippen LogP contribution in [0.4, 0.5) is 8.78 Å². The molecule has 0 aliphatic carbocycles. The van der Waals surface area contributed by atoms with Gasteiger partial charge < -0.3 is 4.90 Å². The molecule has 2 aromatic heterocycles. The molecule has 1 fully saturated rings. The van der Waals surface area contributed by atoms with E-state index in [1.807, 2.05) is 0 Å². The standard InChI is InChI=1S/C18H17F2N5O3S/c1-12-16(17-21-5-2-6-25(17)22-12)18(26)23-7-9-24(10-8-23)29(27,28)15-11-13(19)3-4-14(15)20/h2-6,11H,7-10H2,1H3. The summed E-state index contributed by atoms with van der Waals surface area (Å²) in [5.74, 6) is -2.15. The Hall–Kier alpha value is -2.92. The first kappa shape index (κ1) is 19.4. The van der Waals surface area contributed by atoms with Crippen LogP contribution >= 0.6 is 0 Å². The molecule has 4 rings (SSSR count). The lowest BCUT2D eigenvalue weighted by atomic mass is 10.2. The highest BCUT2D eigenvalue weighted by molar-refractivity contribution is 7.89. The molecule has 0 atom stereocenters. The number of fused-ring (bicyclic) bond motifs is 1. The second-order valence-electron chi connectivity index (χ2n) is 6.62. The fourth-order valence-corrected chi connectivity index (χ4v) is 4.85. The lowest BCUT2D eigenvalue weighted by Crippen LogP contribution is -2.50. The van der Waals surface area contributed by atoms with Gasteiger partial charge in [-0.2, -0.15) is 9.40 Å². The quantitative estimate of drug-likeness (QED) is 0.639. The second-order valence-corrected chi connectivity index (χ2v) is 8.53. The molecular weight excluding hydrogens is 404 g/mol. The van der Waals surface area contributed by atoms with Gasteiger partial charge in [-0.05, 0) is 31.2 Å². The zero-order chi connectivity index (χ0) is 20.8. The highest BCUT2D eigenvalue weighted by atomic mass is 32.2. The van der Waals surface area contributed by atoms with Gasteiger partial charge in [0.2, 0.25) is 10.0 Å². The van der Waals surface area contributed by atoms with E-state index in [2.05, 4.69) is 10.1 Å². The third-order valence-electron chi connectivity index (χ3n) is 4.82. The van der Waals surface area contributed by atoms with Gasteiger partial charge in [-0.15, -0.1) is 0 Å². The molecule has 11 heteroatoms. The number of aryl methyl sites for hydroxylation is 1. The summed E-state index contributed by atoms with van der Waals surface area (Å²) in [6.45, 7) is 1.86. The number of halogens is 2. The van der Waals surface area contributed by atoms with Gasteiger partial charge in [-0.1, -0.05) is 0 Å². The fourth-order valence-electron chi connectivity index (χ4n) is 3.35. The number of carbonyl (C=O) groups is 1. The Kier molecular flexibility index (Phi) is 4.79. The first-order valence-corrected chi connectivity index (χ1v) is 10.3. The van der Waals surface area contributed by atoms with Crippen molar-refractivity contribution in [2.75, 3.05) is 26.2 Å². The Balaban J connectivity index is 1.54. The predicted octanol–water partition coefficient (Wildman–Crippen LogP) is 1.46. The molecule has 152 valence electrons. The van der Waals surface area contributed by atoms with Crippen LogP contribution in [0.1, 0.15) is 16.1 Å². The fraction of sp³-hybridized carbons (Fsp3) is 0.278. The van der Waals surface area contributed by atoms with Crippen LogP contribution < -0.4 is 0 Å². The third-order valence-corrected chi connectivity index (χ3v) is 6.73. The highest BCUT2D eigenvalue weighted by Gasteiger charge is 2.33. The number of amides is 1. The van der Waals surface area contributed by atoms with E-state index in [4.69, 9.17) is 0 Å². The number of sulfonamides is 1. The minimum atomic E-state index is -4.21. The van der Waals surface area contributed by atoms with Gasteiger partial charge in [0.25, 0.3) is 5.91 Å². The van der Waals surface area contributed by atoms with E-state index in [0.29, 0.717) is 23.0 Å². The smallest absolute Gasteiger partial charge is 0.259 e. The maximum absolute atomic E-state index is 14.0. The molecule has 0 bridgehead atoms. The van der Waals surface area contributed by atoms with E-state index in [9.17, 15) is 22.0 Å². The zero-order valence-corrected chi connectivity index (χ0v) is 16.2. The molecule has 8 nitrogen and oxygen atoms in total. The molecule has 0 N–H and O–H groups in total. The molecule has 1 aromatic carbocycles. The minimum absolute atomic E-state index is 0.0320. The van der Waals surface area contributed by atoms with Crippen molar-refractivity contribution < 1.29 is 22.0 Å². The maximum atomic E-state index is 14.0. The van der Waals surface area contributed by atoms with Crippen molar-refractivity contribution in [1.82, 2.24) is 23.8 Å². The van der Waals surface area contributed by atoms with Crippen molar-refractivity contribution in [2.45, 2.75) is 11.8 Å². The summed E-state index contributed by atoms with van der Waals surface area (Å²) in [5, 5.41) is 4.26. The van der Waals surface area contributed by atoms with Crippen LogP contribution in [-0.2, 0) is 10.0 Å². The molecule has 29 heavy (non-hydrogen) atoms. The average Bonchev–Trinajstić information content (AvgIpc) is 3.05. The van der Waals surface area contributed by atoms with E-state index in [1.165, 1.54) is 9.42 Å². The van der Waals surface area contributed by atoms with E-state index >= 15 is 0 Å². The van der Waals surface area contributed by atoms with E-state index < -0.39 is 26.6 Å². The summed E-state index contributed by atoms with van der Waals surface area (Å²) in [7, 11) is -4.21. The molecule has 1 aliphatic heterocycles. The molecular formula is C18H17F2N5O3S. The van der Waals surface area contributed by atoms with Gasteiger partial charge in [-0.3, -0.25) is 4.79 Å². The van der Waals surface area contributed by atoms with Gasteiger partial charge in [0.15, 0.2) is 5.65 Å². The number of rotatable bonds is 3. The Bertz CT molecular complexity index is 1200. The van der Waals surface area contributed by atoms with Crippen molar-refractivity contribution >= 4 is 21.6 Å². The summed E-state index contributed by atoms with van der Waals surface area (Å²) >= 11 is 0. The van der Waals surface area contributed by atoms with Gasteiger partial charge in [0.05, 0.1) is 5.69 Å². The normalized spacial score (nSPS) is 15.8. The minimum Gasteiger partial charge on any atom is -0.336 e. The van der Waals surface area contributed by atoms with Crippen LogP contribution in [0, 0.1) is 18.6 Å². The Morgan fingerprint density at radius 3 is 2.59 bits per heavy atom. The van der Waals surface area contributed by atoms with E-state index in [-0.39, 0.29) is 32.1 Å². The molecule has 0 unspecified atom stereocenters. The van der Waals surface area contributed by atoms with Crippen molar-refractivity contribution in [3.8, 4) is 0 Å².